The van der Waals surface area contributed by atoms with Gasteiger partial charge in [0.15, 0.2) is 16.6 Å². The third-order valence-corrected chi connectivity index (χ3v) is 9.85. The monoisotopic (exact) mass is 506 g/mol. The summed E-state index contributed by atoms with van der Waals surface area (Å²) >= 11 is 1.52. The second kappa shape index (κ2) is 8.98. The van der Waals surface area contributed by atoms with Gasteiger partial charge in [-0.3, -0.25) is 4.79 Å². The maximum absolute atomic E-state index is 12.8. The van der Waals surface area contributed by atoms with E-state index < -0.39 is 0 Å². The van der Waals surface area contributed by atoms with E-state index in [1.54, 1.807) is 13.3 Å². The molecule has 3 aromatic rings. The van der Waals surface area contributed by atoms with Crippen LogP contribution in [0.5, 0.6) is 0 Å². The third kappa shape index (κ3) is 3.94. The summed E-state index contributed by atoms with van der Waals surface area (Å²) in [6.45, 7) is 6.31. The molecular formula is C28H34N4O3S. The lowest BCUT2D eigenvalue weighted by molar-refractivity contribution is -0.116. The highest BCUT2D eigenvalue weighted by atomic mass is 32.1. The Bertz CT molecular complexity index is 1340. The van der Waals surface area contributed by atoms with Crippen LogP contribution >= 0.6 is 11.3 Å². The molecule has 2 fully saturated rings. The summed E-state index contributed by atoms with van der Waals surface area (Å²) in [6, 6.07) is 4.52. The van der Waals surface area contributed by atoms with Crippen LogP contribution in [0.25, 0.3) is 11.1 Å². The molecule has 3 unspecified atom stereocenters. The highest BCUT2D eigenvalue weighted by molar-refractivity contribution is 7.15. The van der Waals surface area contributed by atoms with Crippen LogP contribution in [0, 0.1) is 37.0 Å². The van der Waals surface area contributed by atoms with Gasteiger partial charge >= 0.3 is 0 Å². The van der Waals surface area contributed by atoms with Crippen molar-refractivity contribution in [3.05, 3.63) is 40.2 Å². The second-order valence-corrected chi connectivity index (χ2v) is 12.3. The van der Waals surface area contributed by atoms with E-state index in [9.17, 15) is 4.79 Å². The van der Waals surface area contributed by atoms with Gasteiger partial charge in [0.25, 0.3) is 0 Å². The maximum atomic E-state index is 12.8. The quantitative estimate of drug-likeness (QED) is 0.404. The SMILES string of the molecule is CON=C1C[C@@H](CCC(=O)Nc2ncc(C)s2)C2C3CCc4cc5oc(C)nc5cc4C3CC[C@]12C. The zero-order valence-electron chi connectivity index (χ0n) is 21.5. The Hall–Kier alpha value is -2.74. The van der Waals surface area contributed by atoms with Gasteiger partial charge in [0.2, 0.25) is 5.91 Å². The van der Waals surface area contributed by atoms with E-state index in [1.165, 1.54) is 28.2 Å². The molecule has 1 amide bonds. The summed E-state index contributed by atoms with van der Waals surface area (Å²) in [4.78, 5) is 28.1. The molecule has 6 rings (SSSR count). The molecule has 0 saturated heterocycles. The van der Waals surface area contributed by atoms with Gasteiger partial charge in [-0.15, -0.1) is 11.3 Å². The van der Waals surface area contributed by atoms with Crippen molar-refractivity contribution in [1.29, 1.82) is 0 Å². The Morgan fingerprint density at radius 1 is 1.33 bits per heavy atom. The van der Waals surface area contributed by atoms with Crippen LogP contribution in [0.4, 0.5) is 5.13 Å². The number of carbonyl (C=O) groups excluding carboxylic acids is 1. The van der Waals surface area contributed by atoms with Crippen molar-refractivity contribution in [2.75, 3.05) is 12.4 Å². The largest absolute Gasteiger partial charge is 0.441 e. The van der Waals surface area contributed by atoms with Gasteiger partial charge in [-0.05, 0) is 92.4 Å². The predicted molar refractivity (Wildman–Crippen MR) is 141 cm³/mol. The average Bonchev–Trinajstić information content (AvgIpc) is 3.50. The second-order valence-electron chi connectivity index (χ2n) is 11.1. The smallest absolute Gasteiger partial charge is 0.226 e. The number of carbonyl (C=O) groups is 1. The molecule has 36 heavy (non-hydrogen) atoms. The van der Waals surface area contributed by atoms with Gasteiger partial charge in [0, 0.05) is 29.8 Å². The minimum absolute atomic E-state index is 0.0246. The molecule has 0 radical (unpaired) electrons. The Morgan fingerprint density at radius 2 is 2.19 bits per heavy atom. The molecule has 0 spiro atoms. The molecule has 0 aliphatic heterocycles. The molecule has 3 aliphatic carbocycles. The van der Waals surface area contributed by atoms with E-state index >= 15 is 0 Å². The van der Waals surface area contributed by atoms with Crippen molar-refractivity contribution in [2.45, 2.75) is 71.6 Å². The van der Waals surface area contributed by atoms with Crippen LogP contribution < -0.4 is 5.32 Å². The van der Waals surface area contributed by atoms with Crippen molar-refractivity contribution in [2.24, 2.45) is 28.3 Å². The molecule has 2 heterocycles. The van der Waals surface area contributed by atoms with Crippen LogP contribution in [0.1, 0.15) is 73.3 Å². The fraction of sp³-hybridized carbons (Fsp3) is 0.571. The fourth-order valence-electron chi connectivity index (χ4n) is 7.62. The van der Waals surface area contributed by atoms with Crippen molar-refractivity contribution in [3.8, 4) is 0 Å². The molecule has 5 atom stereocenters. The van der Waals surface area contributed by atoms with E-state index in [1.807, 2.05) is 13.8 Å². The third-order valence-electron chi connectivity index (χ3n) is 9.03. The average molecular weight is 507 g/mol. The summed E-state index contributed by atoms with van der Waals surface area (Å²) in [6.07, 6.45) is 8.54. The lowest BCUT2D eigenvalue weighted by Crippen LogP contribution is -2.44. The van der Waals surface area contributed by atoms with Crippen LogP contribution in [0.15, 0.2) is 27.9 Å². The lowest BCUT2D eigenvalue weighted by atomic mass is 9.54. The van der Waals surface area contributed by atoms with Crippen molar-refractivity contribution >= 4 is 39.2 Å². The molecule has 0 bridgehead atoms. The first-order chi connectivity index (χ1) is 17.4. The van der Waals surface area contributed by atoms with Crippen LogP contribution in [-0.2, 0) is 16.1 Å². The summed E-state index contributed by atoms with van der Waals surface area (Å²) < 4.78 is 5.83. The molecule has 2 aromatic heterocycles. The first-order valence-corrected chi connectivity index (χ1v) is 13.9. The molecule has 8 heteroatoms. The summed E-state index contributed by atoms with van der Waals surface area (Å²) in [5, 5.41) is 8.22. The lowest BCUT2D eigenvalue weighted by Gasteiger charge is -2.50. The van der Waals surface area contributed by atoms with Gasteiger partial charge in [0.1, 0.15) is 12.6 Å². The number of thiazole rings is 1. The molecule has 2 saturated carbocycles. The highest BCUT2D eigenvalue weighted by Crippen LogP contribution is 2.62. The van der Waals surface area contributed by atoms with Gasteiger partial charge in [0.05, 0.1) is 5.71 Å². The van der Waals surface area contributed by atoms with E-state index in [-0.39, 0.29) is 11.3 Å². The van der Waals surface area contributed by atoms with E-state index in [4.69, 9.17) is 9.25 Å². The van der Waals surface area contributed by atoms with Gasteiger partial charge < -0.3 is 14.6 Å². The first kappa shape index (κ1) is 23.6. The molecule has 190 valence electrons. The number of rotatable bonds is 5. The van der Waals surface area contributed by atoms with Crippen molar-refractivity contribution in [1.82, 2.24) is 9.97 Å². The number of nitrogens with one attached hydrogen (secondary N) is 1. The number of aromatic nitrogens is 2. The van der Waals surface area contributed by atoms with Crippen molar-refractivity contribution in [3.63, 3.8) is 0 Å². The van der Waals surface area contributed by atoms with Gasteiger partial charge in [-0.1, -0.05) is 12.1 Å². The summed E-state index contributed by atoms with van der Waals surface area (Å²) in [7, 11) is 1.65. The van der Waals surface area contributed by atoms with Crippen LogP contribution in [0.2, 0.25) is 0 Å². The predicted octanol–water partition coefficient (Wildman–Crippen LogP) is 6.40. The topological polar surface area (TPSA) is 89.6 Å². The number of oxazole rings is 1. The Balaban J connectivity index is 1.27. The Kier molecular flexibility index (Phi) is 5.90. The Morgan fingerprint density at radius 3 is 2.97 bits per heavy atom. The zero-order chi connectivity index (χ0) is 25.0. The summed E-state index contributed by atoms with van der Waals surface area (Å²) in [5.41, 5.74) is 5.96. The van der Waals surface area contributed by atoms with Crippen LogP contribution in [0.3, 0.4) is 0 Å². The number of aryl methyl sites for hydroxylation is 3. The molecule has 1 aromatic carbocycles. The minimum Gasteiger partial charge on any atom is -0.441 e. The first-order valence-electron chi connectivity index (χ1n) is 13.1. The van der Waals surface area contributed by atoms with E-state index in [0.717, 1.165) is 60.4 Å². The van der Waals surface area contributed by atoms with Gasteiger partial charge in [-0.25, -0.2) is 9.97 Å². The minimum atomic E-state index is 0.0246. The molecule has 1 N–H and O–H groups in total. The maximum Gasteiger partial charge on any atom is 0.226 e. The number of nitrogens with zero attached hydrogens (tertiary/aromatic N) is 3. The normalized spacial score (nSPS) is 30.2. The van der Waals surface area contributed by atoms with Crippen molar-refractivity contribution < 1.29 is 14.0 Å². The number of benzene rings is 1. The standard InChI is InChI=1S/C28H34N4O3S/c1-15-14-29-27(36-15)31-25(33)8-6-18-12-24(32-34-4)28(3)10-9-19-20(26(18)28)7-5-17-11-23-22(13-21(17)19)30-16(2)35-23/h11,13-14,18-20,26H,5-10,12H2,1-4H3,(H,29,31,33)/t18-,19?,20?,26?,28-/m1/s1. The number of hydrogen-bond acceptors (Lipinski definition) is 7. The summed E-state index contributed by atoms with van der Waals surface area (Å²) in [5.74, 6) is 2.77. The number of hydrogen-bond donors (Lipinski definition) is 1. The Labute approximate surface area is 215 Å². The van der Waals surface area contributed by atoms with E-state index in [0.29, 0.717) is 35.2 Å². The zero-order valence-corrected chi connectivity index (χ0v) is 22.3. The van der Waals surface area contributed by atoms with Gasteiger partial charge in [-0.2, -0.15) is 0 Å². The van der Waals surface area contributed by atoms with E-state index in [2.05, 4.69) is 39.5 Å². The molecule has 3 aliphatic rings. The highest BCUT2D eigenvalue weighted by Gasteiger charge is 2.57. The fourth-order valence-corrected chi connectivity index (χ4v) is 8.30. The molecule has 7 nitrogen and oxygen atoms in total. The molecular weight excluding hydrogens is 472 g/mol. The number of amides is 1. The number of fused-ring (bicyclic) bond motifs is 6. The number of oxime groups is 1. The number of anilines is 1. The van der Waals surface area contributed by atoms with Crippen LogP contribution in [-0.4, -0.2) is 28.7 Å².